The van der Waals surface area contributed by atoms with Crippen molar-refractivity contribution in [3.05, 3.63) is 28.2 Å². The molecule has 0 bridgehead atoms. The van der Waals surface area contributed by atoms with Crippen LogP contribution in [-0.2, 0) is 9.59 Å². The van der Waals surface area contributed by atoms with Crippen LogP contribution in [0.25, 0.3) is 0 Å². The van der Waals surface area contributed by atoms with Crippen molar-refractivity contribution in [1.29, 1.82) is 5.26 Å². The molecule has 2 amide bonds. The highest BCUT2D eigenvalue weighted by Crippen LogP contribution is 2.38. The first-order chi connectivity index (χ1) is 10.9. The van der Waals surface area contributed by atoms with Crippen molar-refractivity contribution in [2.75, 3.05) is 18.9 Å². The van der Waals surface area contributed by atoms with E-state index in [0.29, 0.717) is 28.6 Å². The first kappa shape index (κ1) is 17.6. The van der Waals surface area contributed by atoms with Crippen LogP contribution in [-0.4, -0.2) is 30.3 Å². The van der Waals surface area contributed by atoms with Crippen LogP contribution in [0, 0.1) is 16.7 Å². The van der Waals surface area contributed by atoms with Gasteiger partial charge in [0.1, 0.15) is 5.41 Å². The van der Waals surface area contributed by atoms with E-state index in [1.807, 2.05) is 0 Å². The molecule has 0 unspecified atom stereocenters. The number of carbonyl (C=O) groups excluding carboxylic acids is 2. The van der Waals surface area contributed by atoms with Gasteiger partial charge in [0, 0.05) is 12.7 Å². The molecule has 0 spiro atoms. The lowest BCUT2D eigenvalue weighted by Gasteiger charge is -2.26. The number of nitrogens with zero attached hydrogens (tertiary/aromatic N) is 2. The number of hydrogen-bond acceptors (Lipinski definition) is 3. The normalized spacial score (nSPS) is 15.7. The number of nitrogens with one attached hydrogen (secondary N) is 1. The summed E-state index contributed by atoms with van der Waals surface area (Å²) in [5.41, 5.74) is -0.473. The van der Waals surface area contributed by atoms with E-state index in [9.17, 15) is 14.9 Å². The number of benzene rings is 1. The number of hydrogen-bond donors (Lipinski definition) is 1. The molecule has 1 aromatic carbocycles. The molecule has 1 N–H and O–H groups in total. The van der Waals surface area contributed by atoms with E-state index >= 15 is 0 Å². The molecule has 2 rings (SSSR count). The number of anilines is 1. The minimum absolute atomic E-state index is 0.123. The maximum atomic E-state index is 12.5. The molecular formula is C16H17Cl2N3O2. The Morgan fingerprint density at radius 2 is 1.96 bits per heavy atom. The Morgan fingerprint density at radius 1 is 1.30 bits per heavy atom. The second kappa shape index (κ2) is 7.20. The maximum Gasteiger partial charge on any atom is 0.243 e. The number of rotatable bonds is 4. The van der Waals surface area contributed by atoms with Crippen LogP contribution in [0.4, 0.5) is 5.69 Å². The summed E-state index contributed by atoms with van der Waals surface area (Å²) in [7, 11) is 1.54. The van der Waals surface area contributed by atoms with Gasteiger partial charge in [0.15, 0.2) is 0 Å². The SMILES string of the molecule is CN(CC(=O)Nc1ccc(Cl)c(Cl)c1)C(=O)C1(C#N)CCCC1. The summed E-state index contributed by atoms with van der Waals surface area (Å²) in [5, 5.41) is 12.7. The topological polar surface area (TPSA) is 73.2 Å². The summed E-state index contributed by atoms with van der Waals surface area (Å²) in [6.07, 6.45) is 2.84. The van der Waals surface area contributed by atoms with Gasteiger partial charge in [-0.3, -0.25) is 9.59 Å². The Hall–Kier alpha value is -1.77. The van der Waals surface area contributed by atoms with Gasteiger partial charge < -0.3 is 10.2 Å². The van der Waals surface area contributed by atoms with E-state index in [-0.39, 0.29) is 18.4 Å². The first-order valence-electron chi connectivity index (χ1n) is 7.30. The van der Waals surface area contributed by atoms with Crippen LogP contribution < -0.4 is 5.32 Å². The van der Waals surface area contributed by atoms with Crippen molar-refractivity contribution in [3.63, 3.8) is 0 Å². The van der Waals surface area contributed by atoms with Crippen LogP contribution in [0.2, 0.25) is 10.0 Å². The highest BCUT2D eigenvalue weighted by atomic mass is 35.5. The number of nitriles is 1. The molecule has 0 heterocycles. The Kier molecular flexibility index (Phi) is 5.51. The predicted molar refractivity (Wildman–Crippen MR) is 89.2 cm³/mol. The van der Waals surface area contributed by atoms with Crippen LogP contribution >= 0.6 is 23.2 Å². The lowest BCUT2D eigenvalue weighted by molar-refractivity contribution is -0.139. The van der Waals surface area contributed by atoms with Crippen molar-refractivity contribution in [2.45, 2.75) is 25.7 Å². The Morgan fingerprint density at radius 3 is 2.52 bits per heavy atom. The van der Waals surface area contributed by atoms with Gasteiger partial charge in [-0.2, -0.15) is 5.26 Å². The molecule has 1 saturated carbocycles. The summed E-state index contributed by atoms with van der Waals surface area (Å²) in [6, 6.07) is 6.89. The average Bonchev–Trinajstić information content (AvgIpc) is 3.00. The fourth-order valence-electron chi connectivity index (χ4n) is 2.78. The maximum absolute atomic E-state index is 12.5. The van der Waals surface area contributed by atoms with Crippen molar-refractivity contribution in [1.82, 2.24) is 4.90 Å². The fourth-order valence-corrected chi connectivity index (χ4v) is 3.08. The van der Waals surface area contributed by atoms with E-state index < -0.39 is 5.41 Å². The second-order valence-electron chi connectivity index (χ2n) is 5.74. The molecule has 7 heteroatoms. The van der Waals surface area contributed by atoms with Gasteiger partial charge in [-0.1, -0.05) is 36.0 Å². The van der Waals surface area contributed by atoms with Gasteiger partial charge >= 0.3 is 0 Å². The lowest BCUT2D eigenvalue weighted by atomic mass is 9.86. The van der Waals surface area contributed by atoms with Crippen LogP contribution in [0.15, 0.2) is 18.2 Å². The van der Waals surface area contributed by atoms with E-state index in [4.69, 9.17) is 23.2 Å². The van der Waals surface area contributed by atoms with E-state index in [1.54, 1.807) is 12.1 Å². The Bertz CT molecular complexity index is 664. The molecule has 0 atom stereocenters. The minimum Gasteiger partial charge on any atom is -0.335 e. The quantitative estimate of drug-likeness (QED) is 0.900. The summed E-state index contributed by atoms with van der Waals surface area (Å²) >= 11 is 11.7. The van der Waals surface area contributed by atoms with E-state index in [1.165, 1.54) is 18.0 Å². The molecular weight excluding hydrogens is 337 g/mol. The van der Waals surface area contributed by atoms with Gasteiger partial charge in [0.05, 0.1) is 22.7 Å². The van der Waals surface area contributed by atoms with E-state index in [2.05, 4.69) is 11.4 Å². The standard InChI is InChI=1S/C16H17Cl2N3O2/c1-21(15(23)16(10-19)6-2-3-7-16)9-14(22)20-11-4-5-12(17)13(18)8-11/h4-5,8H,2-3,6-7,9H2,1H3,(H,20,22). The van der Waals surface area contributed by atoms with Gasteiger partial charge in [-0.15, -0.1) is 0 Å². The second-order valence-corrected chi connectivity index (χ2v) is 6.55. The highest BCUT2D eigenvalue weighted by Gasteiger charge is 2.43. The summed E-state index contributed by atoms with van der Waals surface area (Å²) in [4.78, 5) is 25.8. The van der Waals surface area contributed by atoms with Crippen molar-refractivity contribution in [2.24, 2.45) is 5.41 Å². The third-order valence-corrected chi connectivity index (χ3v) is 4.75. The van der Waals surface area contributed by atoms with Gasteiger partial charge in [0.2, 0.25) is 11.8 Å². The smallest absolute Gasteiger partial charge is 0.243 e. The molecule has 1 aliphatic carbocycles. The third-order valence-electron chi connectivity index (χ3n) is 4.01. The number of likely N-dealkylation sites (N-methyl/N-ethyl adjacent to an activating group) is 1. The fraction of sp³-hybridized carbons (Fsp3) is 0.438. The molecule has 23 heavy (non-hydrogen) atoms. The molecule has 1 aliphatic rings. The zero-order valence-corrected chi connectivity index (χ0v) is 14.2. The predicted octanol–water partition coefficient (Wildman–Crippen LogP) is 3.47. The monoisotopic (exact) mass is 353 g/mol. The molecule has 0 saturated heterocycles. The Balaban J connectivity index is 1.98. The molecule has 0 aromatic heterocycles. The molecule has 1 aromatic rings. The van der Waals surface area contributed by atoms with Crippen molar-refractivity contribution in [3.8, 4) is 6.07 Å². The lowest BCUT2D eigenvalue weighted by Crippen LogP contribution is -2.43. The van der Waals surface area contributed by atoms with Crippen molar-refractivity contribution >= 4 is 40.7 Å². The summed E-state index contributed by atoms with van der Waals surface area (Å²) < 4.78 is 0. The van der Waals surface area contributed by atoms with Crippen LogP contribution in [0.1, 0.15) is 25.7 Å². The van der Waals surface area contributed by atoms with Crippen LogP contribution in [0.5, 0.6) is 0 Å². The molecule has 0 aliphatic heterocycles. The average molecular weight is 354 g/mol. The molecule has 0 radical (unpaired) electrons. The Labute approximate surface area is 145 Å². The molecule has 5 nitrogen and oxygen atoms in total. The zero-order valence-electron chi connectivity index (χ0n) is 12.7. The van der Waals surface area contributed by atoms with Gasteiger partial charge in [-0.25, -0.2) is 0 Å². The molecule has 122 valence electrons. The first-order valence-corrected chi connectivity index (χ1v) is 8.05. The number of carbonyl (C=O) groups is 2. The van der Waals surface area contributed by atoms with Gasteiger partial charge in [0.25, 0.3) is 0 Å². The summed E-state index contributed by atoms with van der Waals surface area (Å²) in [5.74, 6) is -0.646. The van der Waals surface area contributed by atoms with E-state index in [0.717, 1.165) is 12.8 Å². The zero-order chi connectivity index (χ0) is 17.0. The minimum atomic E-state index is -0.974. The highest BCUT2D eigenvalue weighted by molar-refractivity contribution is 6.42. The van der Waals surface area contributed by atoms with Gasteiger partial charge in [-0.05, 0) is 31.0 Å². The number of halogens is 2. The number of amides is 2. The summed E-state index contributed by atoms with van der Waals surface area (Å²) in [6.45, 7) is -0.123. The molecule has 1 fully saturated rings. The van der Waals surface area contributed by atoms with Crippen molar-refractivity contribution < 1.29 is 9.59 Å². The largest absolute Gasteiger partial charge is 0.335 e. The third kappa shape index (κ3) is 3.95. The van der Waals surface area contributed by atoms with Crippen LogP contribution in [0.3, 0.4) is 0 Å².